The minimum Gasteiger partial charge on any atom is -0.494 e. The summed E-state index contributed by atoms with van der Waals surface area (Å²) in [5.41, 5.74) is 3.78. The first-order valence-corrected chi connectivity index (χ1v) is 8.55. The van der Waals surface area contributed by atoms with Gasteiger partial charge < -0.3 is 14.2 Å². The van der Waals surface area contributed by atoms with Crippen LogP contribution in [-0.4, -0.2) is 32.4 Å². The van der Waals surface area contributed by atoms with Crippen molar-refractivity contribution in [1.82, 2.24) is 5.43 Å². The van der Waals surface area contributed by atoms with E-state index in [0.29, 0.717) is 30.3 Å². The van der Waals surface area contributed by atoms with E-state index in [0.717, 1.165) is 17.7 Å². The van der Waals surface area contributed by atoms with Crippen molar-refractivity contribution < 1.29 is 19.0 Å². The number of nitrogens with one attached hydrogen (secondary N) is 1. The Balaban J connectivity index is 2.02. The fourth-order valence-corrected chi connectivity index (χ4v) is 2.22. The van der Waals surface area contributed by atoms with Crippen molar-refractivity contribution in [1.29, 1.82) is 0 Å². The van der Waals surface area contributed by atoms with Crippen molar-refractivity contribution in [2.24, 2.45) is 5.10 Å². The molecule has 0 heterocycles. The molecule has 0 aliphatic heterocycles. The zero-order valence-corrected chi connectivity index (χ0v) is 15.3. The molecule has 1 N–H and O–H groups in total. The predicted octanol–water partition coefficient (Wildman–Crippen LogP) is 3.65. The third-order valence-electron chi connectivity index (χ3n) is 3.44. The molecule has 2 aromatic rings. The average Bonchev–Trinajstić information content (AvgIpc) is 2.67. The normalized spacial score (nSPS) is 10.6. The highest BCUT2D eigenvalue weighted by atomic mass is 16.5. The molecule has 0 saturated heterocycles. The molecule has 0 radical (unpaired) electrons. The van der Waals surface area contributed by atoms with E-state index in [-0.39, 0.29) is 5.91 Å². The molecule has 0 aliphatic carbocycles. The third kappa shape index (κ3) is 5.51. The van der Waals surface area contributed by atoms with Gasteiger partial charge in [-0.15, -0.1) is 0 Å². The molecule has 6 nitrogen and oxygen atoms in total. The number of carbonyl (C=O) groups is 1. The molecule has 26 heavy (non-hydrogen) atoms. The van der Waals surface area contributed by atoms with Crippen molar-refractivity contribution >= 4 is 12.1 Å². The summed E-state index contributed by atoms with van der Waals surface area (Å²) in [4.78, 5) is 12.3. The molecule has 6 heteroatoms. The van der Waals surface area contributed by atoms with Gasteiger partial charge in [0.15, 0.2) is 11.5 Å². The summed E-state index contributed by atoms with van der Waals surface area (Å²) in [5.74, 6) is 1.55. The van der Waals surface area contributed by atoms with Gasteiger partial charge in [0.2, 0.25) is 0 Å². The Morgan fingerprint density at radius 3 is 2.69 bits per heavy atom. The van der Waals surface area contributed by atoms with Crippen molar-refractivity contribution in [2.45, 2.75) is 20.3 Å². The number of nitrogens with zero attached hydrogens (tertiary/aromatic N) is 1. The van der Waals surface area contributed by atoms with E-state index in [1.807, 2.05) is 31.2 Å². The molecule has 138 valence electrons. The zero-order chi connectivity index (χ0) is 18.8. The lowest BCUT2D eigenvalue weighted by atomic mass is 10.2. The maximum Gasteiger partial charge on any atom is 0.271 e. The highest BCUT2D eigenvalue weighted by Gasteiger charge is 2.10. The van der Waals surface area contributed by atoms with Gasteiger partial charge in [-0.3, -0.25) is 4.79 Å². The number of ether oxygens (including phenoxy) is 3. The third-order valence-corrected chi connectivity index (χ3v) is 3.44. The zero-order valence-electron chi connectivity index (χ0n) is 15.3. The first kappa shape index (κ1) is 19.3. The van der Waals surface area contributed by atoms with Gasteiger partial charge in [-0.1, -0.05) is 19.1 Å². The van der Waals surface area contributed by atoms with Crippen molar-refractivity contribution in [3.8, 4) is 17.2 Å². The largest absolute Gasteiger partial charge is 0.494 e. The molecule has 0 aromatic heterocycles. The minimum absolute atomic E-state index is 0.330. The highest BCUT2D eigenvalue weighted by Crippen LogP contribution is 2.28. The van der Waals surface area contributed by atoms with Gasteiger partial charge in [0.25, 0.3) is 5.91 Å². The number of methoxy groups -OCH3 is 1. The molecule has 1 amide bonds. The Morgan fingerprint density at radius 1 is 1.12 bits per heavy atom. The first-order chi connectivity index (χ1) is 12.7. The number of amides is 1. The second-order valence-corrected chi connectivity index (χ2v) is 5.42. The van der Waals surface area contributed by atoms with Crippen LogP contribution in [0.2, 0.25) is 0 Å². The maximum absolute atomic E-state index is 12.3. The molecular formula is C20H24N2O4. The summed E-state index contributed by atoms with van der Waals surface area (Å²) >= 11 is 0. The van der Waals surface area contributed by atoms with E-state index < -0.39 is 0 Å². The molecule has 0 bridgehead atoms. The smallest absolute Gasteiger partial charge is 0.271 e. The van der Waals surface area contributed by atoms with E-state index in [2.05, 4.69) is 17.5 Å². The first-order valence-electron chi connectivity index (χ1n) is 8.55. The monoisotopic (exact) mass is 356 g/mol. The Bertz CT molecular complexity index is 759. The summed E-state index contributed by atoms with van der Waals surface area (Å²) < 4.78 is 16.3. The fourth-order valence-electron chi connectivity index (χ4n) is 2.22. The van der Waals surface area contributed by atoms with E-state index >= 15 is 0 Å². The van der Waals surface area contributed by atoms with Crippen LogP contribution in [0.25, 0.3) is 0 Å². The summed E-state index contributed by atoms with van der Waals surface area (Å²) in [7, 11) is 1.56. The van der Waals surface area contributed by atoms with Gasteiger partial charge in [-0.25, -0.2) is 5.43 Å². The Kier molecular flexibility index (Phi) is 7.49. The summed E-state index contributed by atoms with van der Waals surface area (Å²) in [5, 5.41) is 4.01. The van der Waals surface area contributed by atoms with Crippen LogP contribution in [0.3, 0.4) is 0 Å². The quantitative estimate of drug-likeness (QED) is 0.550. The van der Waals surface area contributed by atoms with E-state index in [1.165, 1.54) is 0 Å². The van der Waals surface area contributed by atoms with Crippen molar-refractivity contribution in [3.05, 3.63) is 53.6 Å². The fraction of sp³-hybridized carbons (Fsp3) is 0.300. The van der Waals surface area contributed by atoms with Crippen LogP contribution >= 0.6 is 0 Å². The number of hydrogen-bond acceptors (Lipinski definition) is 5. The SMILES string of the molecule is CCCOc1cccc(/C=N/NC(=O)c2ccc(OC)c(OCC)c2)c1. The van der Waals surface area contributed by atoms with E-state index in [4.69, 9.17) is 14.2 Å². The van der Waals surface area contributed by atoms with Crippen LogP contribution in [0.1, 0.15) is 36.2 Å². The topological polar surface area (TPSA) is 69.2 Å². The number of benzene rings is 2. The number of hydrazone groups is 1. The van der Waals surface area contributed by atoms with Crippen LogP contribution in [-0.2, 0) is 0 Å². The van der Waals surface area contributed by atoms with E-state index in [9.17, 15) is 4.79 Å². The van der Waals surface area contributed by atoms with Gasteiger partial charge in [-0.2, -0.15) is 5.10 Å². The summed E-state index contributed by atoms with van der Waals surface area (Å²) in [6.07, 6.45) is 2.52. The number of rotatable bonds is 9. The Morgan fingerprint density at radius 2 is 1.96 bits per heavy atom. The molecule has 0 spiro atoms. The van der Waals surface area contributed by atoms with Gasteiger partial charge in [0.05, 0.1) is 26.5 Å². The number of carbonyl (C=O) groups excluding carboxylic acids is 1. The summed E-state index contributed by atoms with van der Waals surface area (Å²) in [6.45, 7) is 5.07. The molecule has 0 unspecified atom stereocenters. The summed E-state index contributed by atoms with van der Waals surface area (Å²) in [6, 6.07) is 12.5. The second kappa shape index (κ2) is 10.1. The standard InChI is InChI=1S/C20H24N2O4/c1-4-11-26-17-8-6-7-15(12-17)14-21-22-20(23)16-9-10-18(24-3)19(13-16)25-5-2/h6-10,12-14H,4-5,11H2,1-3H3,(H,22,23)/b21-14+. The molecule has 0 aliphatic rings. The lowest BCUT2D eigenvalue weighted by molar-refractivity contribution is 0.0954. The van der Waals surface area contributed by atoms with Crippen molar-refractivity contribution in [2.75, 3.05) is 20.3 Å². The molecule has 2 aromatic carbocycles. The van der Waals surface area contributed by atoms with Gasteiger partial charge in [0.1, 0.15) is 5.75 Å². The van der Waals surface area contributed by atoms with Crippen LogP contribution in [0.5, 0.6) is 17.2 Å². The van der Waals surface area contributed by atoms with Gasteiger partial charge in [-0.05, 0) is 49.2 Å². The van der Waals surface area contributed by atoms with Gasteiger partial charge >= 0.3 is 0 Å². The number of hydrogen-bond donors (Lipinski definition) is 1. The average molecular weight is 356 g/mol. The van der Waals surface area contributed by atoms with Crippen LogP contribution in [0.15, 0.2) is 47.6 Å². The molecule has 0 fully saturated rings. The predicted molar refractivity (Wildman–Crippen MR) is 101 cm³/mol. The Labute approximate surface area is 153 Å². The van der Waals surface area contributed by atoms with Gasteiger partial charge in [0, 0.05) is 5.56 Å². The molecule has 0 saturated carbocycles. The molecular weight excluding hydrogens is 332 g/mol. The van der Waals surface area contributed by atoms with Crippen LogP contribution in [0.4, 0.5) is 0 Å². The van der Waals surface area contributed by atoms with Crippen LogP contribution < -0.4 is 19.6 Å². The lowest BCUT2D eigenvalue weighted by Crippen LogP contribution is -2.17. The van der Waals surface area contributed by atoms with Crippen molar-refractivity contribution in [3.63, 3.8) is 0 Å². The lowest BCUT2D eigenvalue weighted by Gasteiger charge is -2.10. The second-order valence-electron chi connectivity index (χ2n) is 5.42. The van der Waals surface area contributed by atoms with Crippen LogP contribution in [0, 0.1) is 0 Å². The minimum atomic E-state index is -0.330. The Hall–Kier alpha value is -3.02. The molecule has 0 atom stereocenters. The molecule has 2 rings (SSSR count). The van der Waals surface area contributed by atoms with E-state index in [1.54, 1.807) is 31.5 Å². The maximum atomic E-state index is 12.3. The highest BCUT2D eigenvalue weighted by molar-refractivity contribution is 5.95.